The van der Waals surface area contributed by atoms with Gasteiger partial charge >= 0.3 is 21.7 Å². The van der Waals surface area contributed by atoms with E-state index in [4.69, 9.17) is 17.2 Å². The zero-order chi connectivity index (χ0) is 10.2. The van der Waals surface area contributed by atoms with Crippen molar-refractivity contribution in [2.45, 2.75) is 40.0 Å². The predicted molar refractivity (Wildman–Crippen MR) is 58.4 cm³/mol. The van der Waals surface area contributed by atoms with Crippen molar-refractivity contribution in [2.24, 2.45) is 0 Å². The van der Waals surface area contributed by atoms with E-state index in [1.807, 2.05) is 20.8 Å². The van der Waals surface area contributed by atoms with E-state index in [-0.39, 0.29) is 21.7 Å². The molecule has 0 aromatic rings. The third-order valence-electron chi connectivity index (χ3n) is 0.750. The molecule has 0 aliphatic heterocycles. The molecule has 4 heteroatoms. The number of rotatable bonds is 3. The Labute approximate surface area is 98.7 Å². The minimum Gasteiger partial charge on any atom is -0.677 e. The van der Waals surface area contributed by atoms with Crippen molar-refractivity contribution in [1.82, 2.24) is 0 Å². The number of hydrogen-bond acceptors (Lipinski definition) is 0. The topological polar surface area (TPSA) is 71.4 Å². The summed E-state index contributed by atoms with van der Waals surface area (Å²) in [5.41, 5.74) is 19.4. The maximum Gasteiger partial charge on any atom is 3.00 e. The van der Waals surface area contributed by atoms with Gasteiger partial charge in [0, 0.05) is 0 Å². The van der Waals surface area contributed by atoms with Crippen molar-refractivity contribution in [1.29, 1.82) is 0 Å². The van der Waals surface area contributed by atoms with Gasteiger partial charge in [-0.25, -0.2) is 0 Å². The second-order valence-electron chi connectivity index (χ2n) is 2.25. The van der Waals surface area contributed by atoms with Crippen LogP contribution in [0.2, 0.25) is 0 Å². The molecule has 3 nitrogen and oxygen atoms in total. The van der Waals surface area contributed by atoms with Gasteiger partial charge in [0.25, 0.3) is 0 Å². The number of nitrogens with one attached hydrogen (secondary N) is 3. The fraction of sp³-hybridized carbons (Fsp3) is 1.00. The van der Waals surface area contributed by atoms with Gasteiger partial charge in [-0.05, 0) is 0 Å². The minimum atomic E-state index is 0. The fourth-order valence-corrected chi connectivity index (χ4v) is 0. The largest absolute Gasteiger partial charge is 3.00 e. The van der Waals surface area contributed by atoms with E-state index in [0.29, 0.717) is 19.6 Å². The first-order valence-corrected chi connectivity index (χ1v) is 4.68. The average Bonchev–Trinajstić information content (AvgIpc) is 2.18. The molecule has 0 atom stereocenters. The van der Waals surface area contributed by atoms with Gasteiger partial charge in [-0.1, -0.05) is 40.0 Å². The minimum absolute atomic E-state index is 0. The van der Waals surface area contributed by atoms with Gasteiger partial charge in [-0.3, -0.25) is 0 Å². The summed E-state index contributed by atoms with van der Waals surface area (Å²) in [4.78, 5) is 0. The Morgan fingerprint density at radius 3 is 0.692 bits per heavy atom. The van der Waals surface area contributed by atoms with Crippen LogP contribution < -0.4 is 0 Å². The van der Waals surface area contributed by atoms with E-state index in [1.54, 1.807) is 0 Å². The zero-order valence-corrected chi connectivity index (χ0v) is 10.8. The summed E-state index contributed by atoms with van der Waals surface area (Å²) in [6, 6.07) is 0. The fourth-order valence-electron chi connectivity index (χ4n) is 0. The average molecular weight is 222 g/mol. The molecule has 3 N–H and O–H groups in total. The molecule has 13 heavy (non-hydrogen) atoms. The molecule has 1 radical (unpaired) electrons. The molecular formula is C9H24N3Ti. The summed E-state index contributed by atoms with van der Waals surface area (Å²) < 4.78 is 0. The molecule has 0 unspecified atom stereocenters. The Morgan fingerprint density at radius 2 is 0.692 bits per heavy atom. The number of hydrogen-bond donors (Lipinski definition) is 0. The Morgan fingerprint density at radius 1 is 0.615 bits per heavy atom. The first-order chi connectivity index (χ1) is 5.74. The molecule has 0 aromatic carbocycles. The van der Waals surface area contributed by atoms with Crippen LogP contribution in [0.5, 0.6) is 0 Å². The molecule has 0 bridgehead atoms. The predicted octanol–water partition coefficient (Wildman–Crippen LogP) is 4.34. The quantitative estimate of drug-likeness (QED) is 0.637. The standard InChI is InChI=1S/3C3H8N.Ti/c3*1-2-3-4;/h3*4H,2-3H2,1H3;/q3*-1;+3. The van der Waals surface area contributed by atoms with Crippen molar-refractivity contribution in [2.75, 3.05) is 19.6 Å². The molecule has 79 valence electrons. The van der Waals surface area contributed by atoms with E-state index in [9.17, 15) is 0 Å². The smallest absolute Gasteiger partial charge is 0.677 e. The van der Waals surface area contributed by atoms with E-state index >= 15 is 0 Å². The van der Waals surface area contributed by atoms with Gasteiger partial charge in [0.15, 0.2) is 0 Å². The van der Waals surface area contributed by atoms with Crippen LogP contribution in [0.4, 0.5) is 0 Å². The second-order valence-corrected chi connectivity index (χ2v) is 2.25. The summed E-state index contributed by atoms with van der Waals surface area (Å²) >= 11 is 0. The second kappa shape index (κ2) is 38.9. The van der Waals surface area contributed by atoms with Gasteiger partial charge in [0.2, 0.25) is 0 Å². The monoisotopic (exact) mass is 222 g/mol. The Kier molecular flexibility index (Phi) is 70.2. The van der Waals surface area contributed by atoms with Crippen molar-refractivity contribution in [3.63, 3.8) is 0 Å². The maximum absolute atomic E-state index is 6.45. The van der Waals surface area contributed by atoms with Gasteiger partial charge < -0.3 is 17.2 Å². The molecule has 0 rings (SSSR count). The van der Waals surface area contributed by atoms with Crippen LogP contribution >= 0.6 is 0 Å². The van der Waals surface area contributed by atoms with Crippen LogP contribution in [0.1, 0.15) is 40.0 Å². The Hall–Kier alpha value is 0.594. The van der Waals surface area contributed by atoms with Gasteiger partial charge in [-0.2, -0.15) is 19.6 Å². The van der Waals surface area contributed by atoms with Crippen LogP contribution in [-0.2, 0) is 21.7 Å². The summed E-state index contributed by atoms with van der Waals surface area (Å²) in [6.07, 6.45) is 2.96. The Balaban J connectivity index is -0.0000000450. The molecule has 0 fully saturated rings. The van der Waals surface area contributed by atoms with Crippen LogP contribution in [0.15, 0.2) is 0 Å². The molecule has 0 saturated carbocycles. The third-order valence-corrected chi connectivity index (χ3v) is 0.750. The molecular weight excluding hydrogens is 198 g/mol. The molecule has 0 saturated heterocycles. The summed E-state index contributed by atoms with van der Waals surface area (Å²) in [5, 5.41) is 0. The molecule has 0 amide bonds. The van der Waals surface area contributed by atoms with Crippen LogP contribution in [0.25, 0.3) is 17.2 Å². The van der Waals surface area contributed by atoms with Gasteiger partial charge in [0.05, 0.1) is 0 Å². The Bertz CT molecular complexity index is 30.3. The van der Waals surface area contributed by atoms with E-state index in [2.05, 4.69) is 0 Å². The van der Waals surface area contributed by atoms with Crippen LogP contribution in [-0.4, -0.2) is 19.6 Å². The van der Waals surface area contributed by atoms with Crippen molar-refractivity contribution in [3.05, 3.63) is 17.2 Å². The van der Waals surface area contributed by atoms with Crippen molar-refractivity contribution < 1.29 is 21.7 Å². The molecule has 0 aliphatic rings. The van der Waals surface area contributed by atoms with E-state index < -0.39 is 0 Å². The zero-order valence-electron chi connectivity index (χ0n) is 9.24. The first kappa shape index (κ1) is 23.4. The molecule has 0 aromatic heterocycles. The van der Waals surface area contributed by atoms with Gasteiger partial charge in [-0.15, -0.1) is 0 Å². The van der Waals surface area contributed by atoms with Crippen molar-refractivity contribution >= 4 is 0 Å². The third kappa shape index (κ3) is 109. The first-order valence-electron chi connectivity index (χ1n) is 4.68. The van der Waals surface area contributed by atoms with Gasteiger partial charge in [0.1, 0.15) is 0 Å². The van der Waals surface area contributed by atoms with Crippen LogP contribution in [0.3, 0.4) is 0 Å². The SMILES string of the molecule is CCC[NH-].CCC[NH-].CCC[NH-].[Ti+3]. The maximum atomic E-state index is 6.45. The molecule has 0 spiro atoms. The molecule has 0 aliphatic carbocycles. The van der Waals surface area contributed by atoms with Crippen LogP contribution in [0, 0.1) is 0 Å². The normalized spacial score (nSPS) is 6.92. The molecule has 0 heterocycles. The van der Waals surface area contributed by atoms with E-state index in [0.717, 1.165) is 19.3 Å². The summed E-state index contributed by atoms with van der Waals surface area (Å²) in [6.45, 7) is 7.69. The van der Waals surface area contributed by atoms with E-state index in [1.165, 1.54) is 0 Å². The summed E-state index contributed by atoms with van der Waals surface area (Å²) in [7, 11) is 0. The summed E-state index contributed by atoms with van der Waals surface area (Å²) in [5.74, 6) is 0. The van der Waals surface area contributed by atoms with Crippen molar-refractivity contribution in [3.8, 4) is 0 Å².